The Hall–Kier alpha value is -3.80. The minimum atomic E-state index is -4.42. The number of aromatic nitrogens is 3. The van der Waals surface area contributed by atoms with Gasteiger partial charge in [-0.15, -0.1) is 0 Å². The number of hydrogen-bond donors (Lipinski definition) is 2. The molecule has 8 nitrogen and oxygen atoms in total. The highest BCUT2D eigenvalue weighted by molar-refractivity contribution is 5.78. The van der Waals surface area contributed by atoms with Crippen LogP contribution >= 0.6 is 0 Å². The summed E-state index contributed by atoms with van der Waals surface area (Å²) in [5.74, 6) is -0.241. The highest BCUT2D eigenvalue weighted by atomic mass is 19.4. The van der Waals surface area contributed by atoms with E-state index in [9.17, 15) is 17.6 Å². The van der Waals surface area contributed by atoms with Gasteiger partial charge in [0.15, 0.2) is 11.6 Å². The molecule has 1 aliphatic heterocycles. The van der Waals surface area contributed by atoms with E-state index in [0.29, 0.717) is 36.8 Å². The van der Waals surface area contributed by atoms with Gasteiger partial charge in [-0.2, -0.15) is 23.3 Å². The number of morpholine rings is 1. The van der Waals surface area contributed by atoms with Crippen LogP contribution in [0.25, 0.3) is 0 Å². The average Bonchev–Trinajstić information content (AvgIpc) is 2.81. The van der Waals surface area contributed by atoms with E-state index in [1.54, 1.807) is 17.0 Å². The molecule has 0 saturated carbocycles. The molecule has 3 aromatic rings. The van der Waals surface area contributed by atoms with Gasteiger partial charge in [0.2, 0.25) is 5.95 Å². The van der Waals surface area contributed by atoms with Gasteiger partial charge in [0.1, 0.15) is 0 Å². The van der Waals surface area contributed by atoms with Crippen LogP contribution in [0.15, 0.2) is 53.9 Å². The molecular weight excluding hydrogens is 454 g/mol. The van der Waals surface area contributed by atoms with E-state index in [4.69, 9.17) is 4.74 Å². The molecule has 0 bridgehead atoms. The van der Waals surface area contributed by atoms with Crippen LogP contribution in [0.5, 0.6) is 0 Å². The first kappa shape index (κ1) is 23.4. The number of halogens is 4. The van der Waals surface area contributed by atoms with Crippen molar-refractivity contribution in [3.63, 3.8) is 0 Å². The normalized spacial score (nSPS) is 16.6. The van der Waals surface area contributed by atoms with Crippen molar-refractivity contribution in [3.05, 3.63) is 65.9 Å². The molecule has 1 fully saturated rings. The molecule has 1 unspecified atom stereocenters. The van der Waals surface area contributed by atoms with Crippen LogP contribution < -0.4 is 15.6 Å². The van der Waals surface area contributed by atoms with Crippen LogP contribution in [-0.2, 0) is 10.9 Å². The zero-order chi connectivity index (χ0) is 24.1. The lowest BCUT2D eigenvalue weighted by molar-refractivity contribution is -0.137. The third-order valence-corrected chi connectivity index (χ3v) is 4.89. The average molecular weight is 475 g/mol. The van der Waals surface area contributed by atoms with Crippen molar-refractivity contribution >= 4 is 29.4 Å². The Morgan fingerprint density at radius 1 is 1.15 bits per heavy atom. The van der Waals surface area contributed by atoms with E-state index < -0.39 is 17.6 Å². The van der Waals surface area contributed by atoms with Crippen molar-refractivity contribution < 1.29 is 22.3 Å². The molecule has 0 radical (unpaired) electrons. The quantitative estimate of drug-likeness (QED) is 0.310. The number of hydrogen-bond acceptors (Lipinski definition) is 8. The predicted molar refractivity (Wildman–Crippen MR) is 120 cm³/mol. The van der Waals surface area contributed by atoms with Crippen LogP contribution in [0.4, 0.5) is 40.7 Å². The van der Waals surface area contributed by atoms with Crippen LogP contribution in [-0.4, -0.2) is 47.0 Å². The molecule has 1 atom stereocenters. The predicted octanol–water partition coefficient (Wildman–Crippen LogP) is 4.44. The Morgan fingerprint density at radius 2 is 2.00 bits per heavy atom. The van der Waals surface area contributed by atoms with Crippen molar-refractivity contribution in [2.24, 2.45) is 5.10 Å². The first-order valence-electron chi connectivity index (χ1n) is 10.4. The number of benzene rings is 1. The molecule has 0 spiro atoms. The van der Waals surface area contributed by atoms with E-state index >= 15 is 0 Å². The Kier molecular flexibility index (Phi) is 6.87. The summed E-state index contributed by atoms with van der Waals surface area (Å²) in [7, 11) is 0. The van der Waals surface area contributed by atoms with E-state index in [0.717, 1.165) is 18.3 Å². The van der Waals surface area contributed by atoms with Gasteiger partial charge in [-0.25, -0.2) is 14.8 Å². The highest BCUT2D eigenvalue weighted by Crippen LogP contribution is 2.31. The smallest absolute Gasteiger partial charge is 0.375 e. The first-order chi connectivity index (χ1) is 16.3. The van der Waals surface area contributed by atoms with Gasteiger partial charge in [-0.3, -0.25) is 4.98 Å². The summed E-state index contributed by atoms with van der Waals surface area (Å²) in [6.45, 7) is 3.42. The van der Waals surface area contributed by atoms with Gasteiger partial charge in [0.25, 0.3) is 0 Å². The third-order valence-electron chi connectivity index (χ3n) is 4.89. The monoisotopic (exact) mass is 475 g/mol. The van der Waals surface area contributed by atoms with Crippen molar-refractivity contribution in [2.75, 3.05) is 35.3 Å². The van der Waals surface area contributed by atoms with E-state index in [1.807, 2.05) is 6.92 Å². The zero-order valence-electron chi connectivity index (χ0n) is 18.1. The van der Waals surface area contributed by atoms with Gasteiger partial charge in [-0.05, 0) is 37.3 Å². The Labute approximate surface area is 192 Å². The molecule has 1 saturated heterocycles. The molecule has 0 amide bonds. The first-order valence-corrected chi connectivity index (χ1v) is 10.4. The number of pyridine rings is 1. The summed E-state index contributed by atoms with van der Waals surface area (Å²) in [4.78, 5) is 14.1. The highest BCUT2D eigenvalue weighted by Gasteiger charge is 2.30. The van der Waals surface area contributed by atoms with Gasteiger partial charge in [0, 0.05) is 18.8 Å². The molecule has 0 aliphatic carbocycles. The number of ether oxygens (including phenoxy) is 1. The summed E-state index contributed by atoms with van der Waals surface area (Å²) in [6, 6.07) is 8.17. The van der Waals surface area contributed by atoms with Crippen LogP contribution in [0.1, 0.15) is 18.2 Å². The van der Waals surface area contributed by atoms with Crippen molar-refractivity contribution in [1.29, 1.82) is 0 Å². The van der Waals surface area contributed by atoms with Gasteiger partial charge >= 0.3 is 6.18 Å². The van der Waals surface area contributed by atoms with E-state index in [2.05, 4.69) is 30.8 Å². The van der Waals surface area contributed by atoms with Crippen molar-refractivity contribution in [2.45, 2.75) is 19.2 Å². The summed E-state index contributed by atoms with van der Waals surface area (Å²) >= 11 is 0. The second-order valence-electron chi connectivity index (χ2n) is 7.54. The van der Waals surface area contributed by atoms with Crippen LogP contribution in [0.3, 0.4) is 0 Å². The standard InChI is InChI=1S/C22H21F4N7O/c1-14-13-33(7-8-34-14)20-19(23)12-28-21(31-20)32-29-11-17-5-6-18(10-27-17)30-16-4-2-3-15(9-16)22(24,25)26/h2-6,9-12,14,30H,7-8,13H2,1H3,(H,28,31,32)/b29-11+. The molecule has 178 valence electrons. The Bertz CT molecular complexity index is 1150. The number of nitrogens with zero attached hydrogens (tertiary/aromatic N) is 5. The van der Waals surface area contributed by atoms with Gasteiger partial charge < -0.3 is 15.0 Å². The number of rotatable bonds is 6. The maximum Gasteiger partial charge on any atom is 0.416 e. The van der Waals surface area contributed by atoms with Crippen molar-refractivity contribution in [3.8, 4) is 0 Å². The minimum absolute atomic E-state index is 0.0327. The molecular formula is C22H21F4N7O. The fraction of sp³-hybridized carbons (Fsp3) is 0.273. The molecule has 12 heteroatoms. The lowest BCUT2D eigenvalue weighted by atomic mass is 10.2. The van der Waals surface area contributed by atoms with Crippen LogP contribution in [0, 0.1) is 5.82 Å². The second-order valence-corrected chi connectivity index (χ2v) is 7.54. The zero-order valence-corrected chi connectivity index (χ0v) is 18.1. The summed E-state index contributed by atoms with van der Waals surface area (Å²) < 4.78 is 58.2. The van der Waals surface area contributed by atoms with E-state index in [1.165, 1.54) is 24.5 Å². The summed E-state index contributed by atoms with van der Waals surface area (Å²) in [5.41, 5.74) is 3.18. The SMILES string of the molecule is CC1CN(c2nc(N/N=C/c3ccc(Nc4cccc(C(F)(F)F)c4)cn3)ncc2F)CCO1. The molecule has 4 rings (SSSR count). The minimum Gasteiger partial charge on any atom is -0.375 e. The molecule has 34 heavy (non-hydrogen) atoms. The molecule has 2 N–H and O–H groups in total. The number of hydrazone groups is 1. The third kappa shape index (κ3) is 5.95. The van der Waals surface area contributed by atoms with Crippen molar-refractivity contribution in [1.82, 2.24) is 15.0 Å². The Morgan fingerprint density at radius 3 is 2.74 bits per heavy atom. The van der Waals surface area contributed by atoms with Gasteiger partial charge in [-0.1, -0.05) is 6.07 Å². The number of anilines is 4. The lowest BCUT2D eigenvalue weighted by Crippen LogP contribution is -2.42. The topological polar surface area (TPSA) is 87.6 Å². The fourth-order valence-electron chi connectivity index (χ4n) is 3.30. The number of nitrogens with one attached hydrogen (secondary N) is 2. The summed E-state index contributed by atoms with van der Waals surface area (Å²) in [5, 5.41) is 6.90. The maximum absolute atomic E-state index is 14.2. The number of alkyl halides is 3. The lowest BCUT2D eigenvalue weighted by Gasteiger charge is -2.32. The fourth-order valence-corrected chi connectivity index (χ4v) is 3.30. The van der Waals surface area contributed by atoms with Gasteiger partial charge in [0.05, 0.1) is 48.3 Å². The molecule has 1 aromatic carbocycles. The van der Waals surface area contributed by atoms with E-state index in [-0.39, 0.29) is 17.9 Å². The largest absolute Gasteiger partial charge is 0.416 e. The maximum atomic E-state index is 14.2. The molecule has 2 aromatic heterocycles. The molecule has 1 aliphatic rings. The second kappa shape index (κ2) is 10.00. The van der Waals surface area contributed by atoms with Crippen LogP contribution in [0.2, 0.25) is 0 Å². The molecule has 3 heterocycles. The summed E-state index contributed by atoms with van der Waals surface area (Å²) in [6.07, 6.45) is -0.494. The Balaban J connectivity index is 1.37.